The molecule has 3 aromatic rings. The van der Waals surface area contributed by atoms with Gasteiger partial charge in [-0.05, 0) is 24.6 Å². The van der Waals surface area contributed by atoms with Crippen LogP contribution in [-0.2, 0) is 0 Å². The van der Waals surface area contributed by atoms with Crippen molar-refractivity contribution in [2.24, 2.45) is 5.73 Å². The minimum Gasteiger partial charge on any atom is -0.507 e. The Morgan fingerprint density at radius 2 is 1.88 bits per heavy atom. The molecule has 134 valence electrons. The topological polar surface area (TPSA) is 84.1 Å². The summed E-state index contributed by atoms with van der Waals surface area (Å²) in [5.74, 6) is 1.13. The SMILES string of the molecule is CCC(N)CNc1cc(-c2ccccc2)nc(-c2cc(Cl)ccc2O)n1. The molecule has 6 heteroatoms. The molecule has 0 radical (unpaired) electrons. The quantitative estimate of drug-likeness (QED) is 0.603. The number of nitrogens with two attached hydrogens (primary N) is 1. The fourth-order valence-corrected chi connectivity index (χ4v) is 2.65. The molecule has 0 aliphatic rings. The Labute approximate surface area is 157 Å². The molecule has 1 atom stereocenters. The number of nitrogens with zero attached hydrogens (tertiary/aromatic N) is 2. The number of phenols is 1. The van der Waals surface area contributed by atoms with E-state index in [9.17, 15) is 5.11 Å². The summed E-state index contributed by atoms with van der Waals surface area (Å²) in [4.78, 5) is 9.16. The molecule has 0 aliphatic heterocycles. The first kappa shape index (κ1) is 18.2. The summed E-state index contributed by atoms with van der Waals surface area (Å²) >= 11 is 6.09. The summed E-state index contributed by atoms with van der Waals surface area (Å²) in [5.41, 5.74) is 8.20. The van der Waals surface area contributed by atoms with Crippen molar-refractivity contribution in [1.82, 2.24) is 9.97 Å². The zero-order valence-electron chi connectivity index (χ0n) is 14.5. The monoisotopic (exact) mass is 368 g/mol. The van der Waals surface area contributed by atoms with Crippen molar-refractivity contribution >= 4 is 17.4 Å². The normalized spacial score (nSPS) is 12.0. The van der Waals surface area contributed by atoms with Gasteiger partial charge in [0.2, 0.25) is 0 Å². The number of phenolic OH excluding ortho intramolecular Hbond substituents is 1. The summed E-state index contributed by atoms with van der Waals surface area (Å²) in [6, 6.07) is 16.5. The van der Waals surface area contributed by atoms with E-state index in [-0.39, 0.29) is 11.8 Å². The lowest BCUT2D eigenvalue weighted by atomic mass is 10.1. The number of rotatable bonds is 6. The number of aromatic nitrogens is 2. The maximum atomic E-state index is 10.2. The number of anilines is 1. The molecule has 0 spiro atoms. The minimum absolute atomic E-state index is 0.0353. The third kappa shape index (κ3) is 4.31. The Bertz CT molecular complexity index is 886. The zero-order chi connectivity index (χ0) is 18.5. The van der Waals surface area contributed by atoms with Gasteiger partial charge in [0.1, 0.15) is 11.6 Å². The molecule has 0 saturated carbocycles. The van der Waals surface area contributed by atoms with Crippen molar-refractivity contribution in [1.29, 1.82) is 0 Å². The van der Waals surface area contributed by atoms with E-state index >= 15 is 0 Å². The predicted molar refractivity (Wildman–Crippen MR) is 106 cm³/mol. The van der Waals surface area contributed by atoms with Crippen molar-refractivity contribution in [3.05, 3.63) is 59.6 Å². The highest BCUT2D eigenvalue weighted by Gasteiger charge is 2.13. The van der Waals surface area contributed by atoms with Gasteiger partial charge >= 0.3 is 0 Å². The number of hydrogen-bond acceptors (Lipinski definition) is 5. The first-order valence-electron chi connectivity index (χ1n) is 8.49. The van der Waals surface area contributed by atoms with Crippen LogP contribution in [0.1, 0.15) is 13.3 Å². The van der Waals surface area contributed by atoms with Gasteiger partial charge in [0.15, 0.2) is 5.82 Å². The number of benzene rings is 2. The van der Waals surface area contributed by atoms with Crippen LogP contribution in [0.3, 0.4) is 0 Å². The van der Waals surface area contributed by atoms with Crippen LogP contribution in [-0.4, -0.2) is 27.7 Å². The van der Waals surface area contributed by atoms with Gasteiger partial charge < -0.3 is 16.2 Å². The van der Waals surface area contributed by atoms with Gasteiger partial charge in [-0.3, -0.25) is 0 Å². The molecule has 5 nitrogen and oxygen atoms in total. The summed E-state index contributed by atoms with van der Waals surface area (Å²) in [6.07, 6.45) is 0.867. The summed E-state index contributed by atoms with van der Waals surface area (Å²) in [6.45, 7) is 2.64. The van der Waals surface area contributed by atoms with E-state index in [2.05, 4.69) is 15.3 Å². The molecule has 4 N–H and O–H groups in total. The predicted octanol–water partition coefficient (Wildman–Crippen LogP) is 4.32. The largest absolute Gasteiger partial charge is 0.507 e. The Morgan fingerprint density at radius 3 is 2.62 bits per heavy atom. The first-order valence-corrected chi connectivity index (χ1v) is 8.87. The lowest BCUT2D eigenvalue weighted by Gasteiger charge is -2.14. The molecule has 1 heterocycles. The number of hydrogen-bond donors (Lipinski definition) is 3. The third-order valence-electron chi connectivity index (χ3n) is 4.06. The van der Waals surface area contributed by atoms with Crippen molar-refractivity contribution in [3.8, 4) is 28.4 Å². The zero-order valence-corrected chi connectivity index (χ0v) is 15.2. The van der Waals surface area contributed by atoms with Crippen LogP contribution in [0.15, 0.2) is 54.6 Å². The smallest absolute Gasteiger partial charge is 0.165 e. The highest BCUT2D eigenvalue weighted by molar-refractivity contribution is 6.30. The highest BCUT2D eigenvalue weighted by atomic mass is 35.5. The first-order chi connectivity index (χ1) is 12.6. The maximum absolute atomic E-state index is 10.2. The fraction of sp³-hybridized carbons (Fsp3) is 0.200. The highest BCUT2D eigenvalue weighted by Crippen LogP contribution is 2.32. The van der Waals surface area contributed by atoms with Gasteiger partial charge in [-0.25, -0.2) is 9.97 Å². The average Bonchev–Trinajstić information content (AvgIpc) is 2.68. The Kier molecular flexibility index (Phi) is 5.71. The lowest BCUT2D eigenvalue weighted by Crippen LogP contribution is -2.28. The molecule has 0 aliphatic carbocycles. The fourth-order valence-electron chi connectivity index (χ4n) is 2.48. The molecular weight excluding hydrogens is 348 g/mol. The van der Waals surface area contributed by atoms with Crippen LogP contribution >= 0.6 is 11.6 Å². The molecule has 1 aromatic heterocycles. The van der Waals surface area contributed by atoms with Crippen LogP contribution in [0, 0.1) is 0 Å². The summed E-state index contributed by atoms with van der Waals surface area (Å²) in [5, 5.41) is 14.0. The van der Waals surface area contributed by atoms with Gasteiger partial charge in [-0.2, -0.15) is 0 Å². The van der Waals surface area contributed by atoms with E-state index in [0.717, 1.165) is 17.7 Å². The lowest BCUT2D eigenvalue weighted by molar-refractivity contribution is 0.477. The number of nitrogens with one attached hydrogen (secondary N) is 1. The second-order valence-corrected chi connectivity index (χ2v) is 6.48. The second-order valence-electron chi connectivity index (χ2n) is 6.04. The van der Waals surface area contributed by atoms with Crippen molar-refractivity contribution in [3.63, 3.8) is 0 Å². The van der Waals surface area contributed by atoms with Crippen LogP contribution in [0.25, 0.3) is 22.6 Å². The minimum atomic E-state index is 0.0353. The van der Waals surface area contributed by atoms with Gasteiger partial charge in [0.25, 0.3) is 0 Å². The Balaban J connectivity index is 2.06. The summed E-state index contributed by atoms with van der Waals surface area (Å²) in [7, 11) is 0. The van der Waals surface area contributed by atoms with Crippen LogP contribution in [0.4, 0.5) is 5.82 Å². The Morgan fingerprint density at radius 1 is 1.12 bits per heavy atom. The number of aromatic hydroxyl groups is 1. The molecule has 26 heavy (non-hydrogen) atoms. The van der Waals surface area contributed by atoms with E-state index in [1.54, 1.807) is 12.1 Å². The third-order valence-corrected chi connectivity index (χ3v) is 4.30. The van der Waals surface area contributed by atoms with E-state index in [1.165, 1.54) is 6.07 Å². The summed E-state index contributed by atoms with van der Waals surface area (Å²) < 4.78 is 0. The molecule has 0 saturated heterocycles. The number of halogens is 1. The molecule has 3 rings (SSSR count). The molecule has 1 unspecified atom stereocenters. The maximum Gasteiger partial charge on any atom is 0.165 e. The molecule has 2 aromatic carbocycles. The van der Waals surface area contributed by atoms with E-state index in [0.29, 0.717) is 28.8 Å². The van der Waals surface area contributed by atoms with E-state index < -0.39 is 0 Å². The van der Waals surface area contributed by atoms with Crippen LogP contribution in [0.2, 0.25) is 5.02 Å². The van der Waals surface area contributed by atoms with Gasteiger partial charge in [-0.1, -0.05) is 48.9 Å². The van der Waals surface area contributed by atoms with Gasteiger partial charge in [-0.15, -0.1) is 0 Å². The van der Waals surface area contributed by atoms with E-state index in [1.807, 2.05) is 43.3 Å². The molecule has 0 fully saturated rings. The van der Waals surface area contributed by atoms with E-state index in [4.69, 9.17) is 17.3 Å². The molecule has 0 amide bonds. The average molecular weight is 369 g/mol. The van der Waals surface area contributed by atoms with Gasteiger partial charge in [0, 0.05) is 29.2 Å². The van der Waals surface area contributed by atoms with Crippen molar-refractivity contribution < 1.29 is 5.11 Å². The van der Waals surface area contributed by atoms with Gasteiger partial charge in [0.05, 0.1) is 11.3 Å². The standard InChI is InChI=1S/C20H21ClN4O/c1-2-15(22)12-23-19-11-17(13-6-4-3-5-7-13)24-20(25-19)16-10-14(21)8-9-18(16)26/h3-11,15,26H,2,12,22H2,1H3,(H,23,24,25). The molecular formula is C20H21ClN4O. The second kappa shape index (κ2) is 8.17. The van der Waals surface area contributed by atoms with Crippen molar-refractivity contribution in [2.75, 3.05) is 11.9 Å². The van der Waals surface area contributed by atoms with Crippen molar-refractivity contribution in [2.45, 2.75) is 19.4 Å². The molecule has 0 bridgehead atoms. The van der Waals surface area contributed by atoms with Crippen LogP contribution in [0.5, 0.6) is 5.75 Å². The Hall–Kier alpha value is -2.63. The van der Waals surface area contributed by atoms with Crippen LogP contribution < -0.4 is 11.1 Å².